The van der Waals surface area contributed by atoms with Crippen LogP contribution in [0.1, 0.15) is 49.7 Å². The second-order valence-electron chi connectivity index (χ2n) is 6.97. The highest BCUT2D eigenvalue weighted by Crippen LogP contribution is 2.53. The zero-order valence-electron chi connectivity index (χ0n) is 12.9. The molecule has 1 N–H and O–H groups in total. The van der Waals surface area contributed by atoms with Crippen LogP contribution in [0.5, 0.6) is 5.75 Å². The smallest absolute Gasteiger partial charge is 0.119 e. The maximum Gasteiger partial charge on any atom is 0.119 e. The standard InChI is InChI=1S/C19H24O2/c1-11-14-7-8-16-15-6-4-13(21-2)9-12(15)3-5-17(16)18(14)10-19(11)20/h4,6,9,11,16-17,19-20H,3,5,7-8,10H2,1-2H3/t11-,16-,17-,19-/m1/s1. The summed E-state index contributed by atoms with van der Waals surface area (Å²) in [6.45, 7) is 2.20. The van der Waals surface area contributed by atoms with Crippen LogP contribution in [-0.4, -0.2) is 18.3 Å². The van der Waals surface area contributed by atoms with Crippen LogP contribution < -0.4 is 4.74 Å². The fourth-order valence-corrected chi connectivity index (χ4v) is 4.94. The summed E-state index contributed by atoms with van der Waals surface area (Å²) in [5, 5.41) is 10.2. The molecule has 0 saturated carbocycles. The lowest BCUT2D eigenvalue weighted by molar-refractivity contribution is 0.145. The molecule has 3 aliphatic carbocycles. The number of rotatable bonds is 1. The average molecular weight is 284 g/mol. The van der Waals surface area contributed by atoms with Gasteiger partial charge in [-0.2, -0.15) is 0 Å². The second kappa shape index (κ2) is 4.88. The zero-order chi connectivity index (χ0) is 14.6. The molecule has 0 amide bonds. The number of aliphatic hydroxyl groups is 1. The molecular formula is C19H24O2. The van der Waals surface area contributed by atoms with Gasteiger partial charge < -0.3 is 9.84 Å². The van der Waals surface area contributed by atoms with Crippen LogP contribution in [0.4, 0.5) is 0 Å². The van der Waals surface area contributed by atoms with Gasteiger partial charge in [0.25, 0.3) is 0 Å². The SMILES string of the molecule is COc1ccc2c(c1)CC[C@H]1C3=C(CC[C@H]21)[C@@H](C)[C@H](O)C3. The summed E-state index contributed by atoms with van der Waals surface area (Å²) in [4.78, 5) is 0. The van der Waals surface area contributed by atoms with Crippen molar-refractivity contribution in [2.45, 2.75) is 51.0 Å². The van der Waals surface area contributed by atoms with Gasteiger partial charge in [-0.15, -0.1) is 0 Å². The van der Waals surface area contributed by atoms with Gasteiger partial charge in [0, 0.05) is 5.92 Å². The van der Waals surface area contributed by atoms with Gasteiger partial charge in [0.15, 0.2) is 0 Å². The van der Waals surface area contributed by atoms with Crippen LogP contribution in [0.15, 0.2) is 29.3 Å². The Morgan fingerprint density at radius 2 is 1.90 bits per heavy atom. The molecule has 0 saturated heterocycles. The minimum atomic E-state index is -0.133. The Morgan fingerprint density at radius 1 is 1.10 bits per heavy atom. The van der Waals surface area contributed by atoms with Gasteiger partial charge >= 0.3 is 0 Å². The van der Waals surface area contributed by atoms with E-state index in [2.05, 4.69) is 25.1 Å². The Kier molecular flexibility index (Phi) is 3.11. The van der Waals surface area contributed by atoms with E-state index in [1.54, 1.807) is 18.3 Å². The minimum absolute atomic E-state index is 0.133. The van der Waals surface area contributed by atoms with E-state index in [0.717, 1.165) is 18.6 Å². The van der Waals surface area contributed by atoms with E-state index >= 15 is 0 Å². The van der Waals surface area contributed by atoms with Gasteiger partial charge in [-0.25, -0.2) is 0 Å². The second-order valence-corrected chi connectivity index (χ2v) is 6.97. The molecule has 4 atom stereocenters. The molecule has 112 valence electrons. The van der Waals surface area contributed by atoms with E-state index in [1.807, 2.05) is 0 Å². The molecule has 3 aliphatic rings. The van der Waals surface area contributed by atoms with Crippen molar-refractivity contribution in [3.63, 3.8) is 0 Å². The van der Waals surface area contributed by atoms with Crippen LogP contribution in [0.2, 0.25) is 0 Å². The first-order valence-electron chi connectivity index (χ1n) is 8.25. The van der Waals surface area contributed by atoms with Crippen molar-refractivity contribution in [3.8, 4) is 5.75 Å². The maximum atomic E-state index is 10.2. The molecule has 21 heavy (non-hydrogen) atoms. The molecule has 0 fully saturated rings. The molecular weight excluding hydrogens is 260 g/mol. The van der Waals surface area contributed by atoms with E-state index in [4.69, 9.17) is 4.74 Å². The van der Waals surface area contributed by atoms with Crippen LogP contribution in [-0.2, 0) is 6.42 Å². The van der Waals surface area contributed by atoms with E-state index in [0.29, 0.717) is 17.8 Å². The predicted molar refractivity (Wildman–Crippen MR) is 83.6 cm³/mol. The summed E-state index contributed by atoms with van der Waals surface area (Å²) in [6, 6.07) is 6.62. The van der Waals surface area contributed by atoms with E-state index in [1.165, 1.54) is 30.4 Å². The van der Waals surface area contributed by atoms with Crippen LogP contribution in [0.3, 0.4) is 0 Å². The summed E-state index contributed by atoms with van der Waals surface area (Å²) in [6.07, 6.45) is 5.60. The van der Waals surface area contributed by atoms with Crippen molar-refractivity contribution in [3.05, 3.63) is 40.5 Å². The van der Waals surface area contributed by atoms with E-state index < -0.39 is 0 Å². The quantitative estimate of drug-likeness (QED) is 0.794. The van der Waals surface area contributed by atoms with Crippen molar-refractivity contribution in [2.24, 2.45) is 11.8 Å². The van der Waals surface area contributed by atoms with Crippen molar-refractivity contribution >= 4 is 0 Å². The van der Waals surface area contributed by atoms with Gasteiger partial charge in [-0.3, -0.25) is 0 Å². The lowest BCUT2D eigenvalue weighted by Gasteiger charge is -2.39. The van der Waals surface area contributed by atoms with E-state index in [9.17, 15) is 5.11 Å². The van der Waals surface area contributed by atoms with Gasteiger partial charge in [0.2, 0.25) is 0 Å². The Morgan fingerprint density at radius 3 is 2.71 bits per heavy atom. The first kappa shape index (κ1) is 13.4. The molecule has 1 aromatic carbocycles. The predicted octanol–water partition coefficient (Wildman–Crippen LogP) is 3.83. The Hall–Kier alpha value is -1.28. The summed E-state index contributed by atoms with van der Waals surface area (Å²) >= 11 is 0. The number of benzene rings is 1. The molecule has 4 rings (SSSR count). The number of hydrogen-bond acceptors (Lipinski definition) is 2. The normalized spacial score (nSPS) is 34.2. The van der Waals surface area contributed by atoms with Crippen molar-refractivity contribution in [1.29, 1.82) is 0 Å². The molecule has 0 aliphatic heterocycles. The molecule has 0 aromatic heterocycles. The van der Waals surface area contributed by atoms with Gasteiger partial charge in [-0.1, -0.05) is 24.1 Å². The molecule has 2 nitrogen and oxygen atoms in total. The largest absolute Gasteiger partial charge is 0.497 e. The monoisotopic (exact) mass is 284 g/mol. The lowest BCUT2D eigenvalue weighted by Crippen LogP contribution is -2.26. The van der Waals surface area contributed by atoms with Crippen LogP contribution in [0, 0.1) is 11.8 Å². The first-order chi connectivity index (χ1) is 10.2. The highest BCUT2D eigenvalue weighted by molar-refractivity contribution is 5.44. The molecule has 0 radical (unpaired) electrons. The van der Waals surface area contributed by atoms with Crippen LogP contribution in [0.25, 0.3) is 0 Å². The molecule has 0 spiro atoms. The van der Waals surface area contributed by atoms with Crippen molar-refractivity contribution in [1.82, 2.24) is 0 Å². The van der Waals surface area contributed by atoms with Crippen molar-refractivity contribution < 1.29 is 9.84 Å². The van der Waals surface area contributed by atoms with Crippen LogP contribution >= 0.6 is 0 Å². The van der Waals surface area contributed by atoms with Crippen molar-refractivity contribution in [2.75, 3.05) is 7.11 Å². The Labute approximate surface area is 126 Å². The topological polar surface area (TPSA) is 29.5 Å². The molecule has 0 unspecified atom stereocenters. The third kappa shape index (κ3) is 1.96. The number of ether oxygens (including phenoxy) is 1. The molecule has 0 heterocycles. The lowest BCUT2D eigenvalue weighted by atomic mass is 9.66. The van der Waals surface area contributed by atoms with Gasteiger partial charge in [0.05, 0.1) is 13.2 Å². The number of fused-ring (bicyclic) bond motifs is 4. The number of methoxy groups -OCH3 is 1. The molecule has 2 heteroatoms. The summed E-state index contributed by atoms with van der Waals surface area (Å²) in [7, 11) is 1.74. The summed E-state index contributed by atoms with van der Waals surface area (Å²) in [5.41, 5.74) is 6.20. The summed E-state index contributed by atoms with van der Waals surface area (Å²) < 4.78 is 5.37. The highest BCUT2D eigenvalue weighted by Gasteiger charge is 2.42. The summed E-state index contributed by atoms with van der Waals surface area (Å²) in [5.74, 6) is 2.70. The zero-order valence-corrected chi connectivity index (χ0v) is 12.9. The third-order valence-electron chi connectivity index (χ3n) is 6.10. The molecule has 0 bridgehead atoms. The number of aryl methyl sites for hydroxylation is 1. The number of aliphatic hydroxyl groups excluding tert-OH is 1. The number of hydrogen-bond donors (Lipinski definition) is 1. The Bertz CT molecular complexity index is 602. The minimum Gasteiger partial charge on any atom is -0.497 e. The highest BCUT2D eigenvalue weighted by atomic mass is 16.5. The average Bonchev–Trinajstić information content (AvgIpc) is 2.81. The van der Waals surface area contributed by atoms with Gasteiger partial charge in [0.1, 0.15) is 5.75 Å². The first-order valence-corrected chi connectivity index (χ1v) is 8.25. The fraction of sp³-hybridized carbons (Fsp3) is 0.579. The van der Waals surface area contributed by atoms with E-state index in [-0.39, 0.29) is 6.10 Å². The Balaban J connectivity index is 1.71. The maximum absolute atomic E-state index is 10.2. The van der Waals surface area contributed by atoms with Gasteiger partial charge in [-0.05, 0) is 67.2 Å². The fourth-order valence-electron chi connectivity index (χ4n) is 4.94. The third-order valence-corrected chi connectivity index (χ3v) is 6.10. The molecule has 1 aromatic rings.